The fourth-order valence-electron chi connectivity index (χ4n) is 3.40. The molecule has 0 bridgehead atoms. The van der Waals surface area contributed by atoms with Crippen molar-refractivity contribution >= 4 is 15.7 Å². The highest BCUT2D eigenvalue weighted by molar-refractivity contribution is 7.92. The lowest BCUT2D eigenvalue weighted by Gasteiger charge is -2.18. The zero-order valence-corrected chi connectivity index (χ0v) is 15.4. The number of halogens is 1. The van der Waals surface area contributed by atoms with Crippen molar-refractivity contribution in [2.24, 2.45) is 5.92 Å². The predicted molar refractivity (Wildman–Crippen MR) is 100 cm³/mol. The maximum Gasteiger partial charge on any atom is 0.261 e. The standard InChI is InChI=1S/C20H23FN2O2S/c21-19-11-15(4-3-14-1-2-14)5-8-20(19)23-26(24,25)18-7-6-17-13-22-10-9-16(17)12-18/h5-8,11-12,14,22-23H,1-4,9-10,13H2. The van der Waals surface area contributed by atoms with Gasteiger partial charge in [0.25, 0.3) is 10.0 Å². The van der Waals surface area contributed by atoms with Crippen LogP contribution in [-0.4, -0.2) is 15.0 Å². The third-order valence-corrected chi connectivity index (χ3v) is 6.55. The average Bonchev–Trinajstić information content (AvgIpc) is 3.46. The van der Waals surface area contributed by atoms with E-state index in [1.54, 1.807) is 12.1 Å². The van der Waals surface area contributed by atoms with Gasteiger partial charge in [-0.25, -0.2) is 12.8 Å². The van der Waals surface area contributed by atoms with Gasteiger partial charge in [-0.15, -0.1) is 0 Å². The SMILES string of the molecule is O=S(=O)(Nc1ccc(CCC2CC2)cc1F)c1ccc2c(c1)CCNC2. The van der Waals surface area contributed by atoms with Gasteiger partial charge in [-0.2, -0.15) is 0 Å². The first kappa shape index (κ1) is 17.5. The summed E-state index contributed by atoms with van der Waals surface area (Å²) >= 11 is 0. The van der Waals surface area contributed by atoms with E-state index in [0.29, 0.717) is 0 Å². The van der Waals surface area contributed by atoms with E-state index < -0.39 is 15.8 Å². The Morgan fingerprint density at radius 3 is 2.73 bits per heavy atom. The molecule has 1 heterocycles. The molecule has 0 radical (unpaired) electrons. The number of hydrogen-bond acceptors (Lipinski definition) is 3. The number of benzene rings is 2. The summed E-state index contributed by atoms with van der Waals surface area (Å²) in [6.07, 6.45) is 5.26. The van der Waals surface area contributed by atoms with E-state index in [4.69, 9.17) is 0 Å². The van der Waals surface area contributed by atoms with E-state index in [1.807, 2.05) is 12.1 Å². The normalized spacial score (nSPS) is 17.0. The number of hydrogen-bond donors (Lipinski definition) is 2. The van der Waals surface area contributed by atoms with Gasteiger partial charge in [0, 0.05) is 6.54 Å². The number of sulfonamides is 1. The van der Waals surface area contributed by atoms with Gasteiger partial charge in [0.05, 0.1) is 10.6 Å². The summed E-state index contributed by atoms with van der Waals surface area (Å²) in [7, 11) is -3.81. The molecule has 0 amide bonds. The molecule has 0 spiro atoms. The van der Waals surface area contributed by atoms with Crippen LogP contribution in [0.2, 0.25) is 0 Å². The first-order valence-corrected chi connectivity index (χ1v) is 10.6. The molecule has 1 saturated carbocycles. The third kappa shape index (κ3) is 3.91. The van der Waals surface area contributed by atoms with Crippen molar-refractivity contribution in [2.45, 2.75) is 43.5 Å². The van der Waals surface area contributed by atoms with Crippen LogP contribution in [0.5, 0.6) is 0 Å². The van der Waals surface area contributed by atoms with Gasteiger partial charge in [-0.05, 0) is 72.7 Å². The van der Waals surface area contributed by atoms with Crippen LogP contribution in [0.4, 0.5) is 10.1 Å². The third-order valence-electron chi connectivity index (χ3n) is 5.19. The van der Waals surface area contributed by atoms with Gasteiger partial charge in [0.2, 0.25) is 0 Å². The molecule has 1 fully saturated rings. The van der Waals surface area contributed by atoms with Crippen LogP contribution in [0.3, 0.4) is 0 Å². The highest BCUT2D eigenvalue weighted by atomic mass is 32.2. The van der Waals surface area contributed by atoms with E-state index in [9.17, 15) is 12.8 Å². The molecule has 2 N–H and O–H groups in total. The summed E-state index contributed by atoms with van der Waals surface area (Å²) in [6, 6.07) is 9.88. The fraction of sp³-hybridized carbons (Fsp3) is 0.400. The molecule has 0 aromatic heterocycles. The minimum atomic E-state index is -3.81. The van der Waals surface area contributed by atoms with Gasteiger partial charge in [0.1, 0.15) is 5.82 Å². The van der Waals surface area contributed by atoms with Crippen molar-refractivity contribution in [1.29, 1.82) is 0 Å². The van der Waals surface area contributed by atoms with Crippen LogP contribution in [0.15, 0.2) is 41.3 Å². The predicted octanol–water partition coefficient (Wildman–Crippen LogP) is 3.61. The molecule has 4 nitrogen and oxygen atoms in total. The molecule has 2 aromatic rings. The quantitative estimate of drug-likeness (QED) is 0.812. The van der Waals surface area contributed by atoms with Crippen molar-refractivity contribution in [3.8, 4) is 0 Å². The first-order valence-electron chi connectivity index (χ1n) is 9.15. The van der Waals surface area contributed by atoms with Crippen LogP contribution in [0, 0.1) is 11.7 Å². The van der Waals surface area contributed by atoms with Crippen molar-refractivity contribution in [1.82, 2.24) is 5.32 Å². The van der Waals surface area contributed by atoms with Crippen LogP contribution >= 0.6 is 0 Å². The molecule has 6 heteroatoms. The van der Waals surface area contributed by atoms with Gasteiger partial charge in [0.15, 0.2) is 0 Å². The van der Waals surface area contributed by atoms with Crippen LogP contribution < -0.4 is 10.0 Å². The second kappa shape index (κ2) is 7.00. The zero-order chi connectivity index (χ0) is 18.1. The molecule has 26 heavy (non-hydrogen) atoms. The summed E-state index contributed by atoms with van der Waals surface area (Å²) < 4.78 is 42.1. The Morgan fingerprint density at radius 2 is 1.96 bits per heavy atom. The summed E-state index contributed by atoms with van der Waals surface area (Å²) in [5, 5.41) is 3.26. The van der Waals surface area contributed by atoms with Crippen molar-refractivity contribution in [3.05, 3.63) is 58.9 Å². The average molecular weight is 374 g/mol. The Hall–Kier alpha value is -1.92. The highest BCUT2D eigenvalue weighted by Crippen LogP contribution is 2.33. The molecule has 2 aromatic carbocycles. The number of fused-ring (bicyclic) bond motifs is 1. The summed E-state index contributed by atoms with van der Waals surface area (Å²) in [6.45, 7) is 1.58. The molecule has 1 aliphatic heterocycles. The minimum absolute atomic E-state index is 0.000408. The van der Waals surface area contributed by atoms with E-state index >= 15 is 0 Å². The second-order valence-electron chi connectivity index (χ2n) is 7.26. The van der Waals surface area contributed by atoms with Gasteiger partial charge in [-0.1, -0.05) is 25.0 Å². The first-order chi connectivity index (χ1) is 12.5. The molecule has 2 aliphatic rings. The smallest absolute Gasteiger partial charge is 0.261 e. The Kier molecular flexibility index (Phi) is 4.71. The lowest BCUT2D eigenvalue weighted by atomic mass is 10.0. The Labute approximate surface area is 153 Å². The number of rotatable bonds is 6. The summed E-state index contributed by atoms with van der Waals surface area (Å²) in [5.41, 5.74) is 3.06. The molecule has 0 saturated heterocycles. The van der Waals surface area contributed by atoms with E-state index in [-0.39, 0.29) is 10.6 Å². The maximum absolute atomic E-state index is 14.4. The Morgan fingerprint density at radius 1 is 1.12 bits per heavy atom. The molecule has 138 valence electrons. The van der Waals surface area contributed by atoms with Crippen LogP contribution in [0.1, 0.15) is 36.0 Å². The Balaban J connectivity index is 1.51. The summed E-state index contributed by atoms with van der Waals surface area (Å²) in [5.74, 6) is 0.263. The number of aryl methyl sites for hydroxylation is 1. The highest BCUT2D eigenvalue weighted by Gasteiger charge is 2.21. The monoisotopic (exact) mass is 374 g/mol. The van der Waals surface area contributed by atoms with Crippen molar-refractivity contribution < 1.29 is 12.8 Å². The van der Waals surface area contributed by atoms with Crippen LogP contribution in [-0.2, 0) is 29.4 Å². The number of anilines is 1. The van der Waals surface area contributed by atoms with E-state index in [0.717, 1.165) is 55.0 Å². The topological polar surface area (TPSA) is 58.2 Å². The van der Waals surface area contributed by atoms with Gasteiger partial charge in [-0.3, -0.25) is 4.72 Å². The number of nitrogens with one attached hydrogen (secondary N) is 2. The van der Waals surface area contributed by atoms with Crippen molar-refractivity contribution in [3.63, 3.8) is 0 Å². The summed E-state index contributed by atoms with van der Waals surface area (Å²) in [4.78, 5) is 0.176. The molecular weight excluding hydrogens is 351 g/mol. The molecule has 0 atom stereocenters. The Bertz CT molecular complexity index is 923. The van der Waals surface area contributed by atoms with Crippen LogP contribution in [0.25, 0.3) is 0 Å². The minimum Gasteiger partial charge on any atom is -0.312 e. The maximum atomic E-state index is 14.4. The molecule has 1 aliphatic carbocycles. The van der Waals surface area contributed by atoms with E-state index in [1.165, 1.54) is 25.0 Å². The molecule has 4 rings (SSSR count). The van der Waals surface area contributed by atoms with E-state index in [2.05, 4.69) is 10.0 Å². The lowest BCUT2D eigenvalue weighted by molar-refractivity contribution is 0.597. The van der Waals surface area contributed by atoms with Crippen molar-refractivity contribution in [2.75, 3.05) is 11.3 Å². The molecular formula is C20H23FN2O2S. The van der Waals surface area contributed by atoms with Gasteiger partial charge >= 0.3 is 0 Å². The zero-order valence-electron chi connectivity index (χ0n) is 14.6. The molecule has 0 unspecified atom stereocenters. The lowest BCUT2D eigenvalue weighted by Crippen LogP contribution is -2.24. The second-order valence-corrected chi connectivity index (χ2v) is 8.94. The fourth-order valence-corrected chi connectivity index (χ4v) is 4.52. The largest absolute Gasteiger partial charge is 0.312 e. The van der Waals surface area contributed by atoms with Gasteiger partial charge < -0.3 is 5.32 Å².